The van der Waals surface area contributed by atoms with Crippen LogP contribution in [-0.4, -0.2) is 50.8 Å². The molecule has 0 radical (unpaired) electrons. The van der Waals surface area contributed by atoms with Crippen molar-refractivity contribution in [1.82, 2.24) is 24.6 Å². The Hall–Kier alpha value is -2.46. The van der Waals surface area contributed by atoms with Gasteiger partial charge in [0, 0.05) is 32.3 Å². The van der Waals surface area contributed by atoms with E-state index in [0.717, 1.165) is 49.9 Å². The minimum Gasteiger partial charge on any atom is -0.356 e. The topological polar surface area (TPSA) is 73.9 Å². The van der Waals surface area contributed by atoms with E-state index in [4.69, 9.17) is 5.26 Å². The van der Waals surface area contributed by atoms with Crippen molar-refractivity contribution in [2.75, 3.05) is 31.1 Å². The van der Waals surface area contributed by atoms with Crippen LogP contribution in [0.15, 0.2) is 18.3 Å². The molecule has 2 saturated heterocycles. The summed E-state index contributed by atoms with van der Waals surface area (Å²) in [5, 5.41) is 17.9. The van der Waals surface area contributed by atoms with E-state index in [9.17, 15) is 0 Å². The molecule has 2 fully saturated rings. The van der Waals surface area contributed by atoms with Crippen LogP contribution in [0.3, 0.4) is 0 Å². The van der Waals surface area contributed by atoms with E-state index in [1.807, 2.05) is 12.1 Å². The van der Waals surface area contributed by atoms with Crippen LogP contribution in [0.2, 0.25) is 0 Å². The number of nitrogens with zero attached hydrogens (tertiary/aromatic N) is 7. The molecule has 0 aliphatic carbocycles. The second-order valence-corrected chi connectivity index (χ2v) is 7.32. The number of aromatic nitrogens is 4. The van der Waals surface area contributed by atoms with Crippen LogP contribution < -0.4 is 4.90 Å². The standard InChI is InChI=1S/C19H25N7/c1-24-18(14-25-8-2-3-9-25)22-23-19(24)16-5-4-10-26(13-16)17-7-6-15(11-20)12-21-17/h6-7,12,16H,2-5,8-10,13-14H2,1H3/t16-/m0/s1. The summed E-state index contributed by atoms with van der Waals surface area (Å²) in [6.45, 7) is 5.13. The van der Waals surface area contributed by atoms with Gasteiger partial charge < -0.3 is 9.47 Å². The maximum absolute atomic E-state index is 8.94. The second kappa shape index (κ2) is 7.42. The number of nitriles is 1. The maximum atomic E-state index is 8.94. The van der Waals surface area contributed by atoms with Crippen molar-refractivity contribution in [1.29, 1.82) is 5.26 Å². The highest BCUT2D eigenvalue weighted by Gasteiger charge is 2.27. The predicted molar refractivity (Wildman–Crippen MR) is 98.7 cm³/mol. The van der Waals surface area contributed by atoms with E-state index in [0.29, 0.717) is 11.5 Å². The minimum atomic E-state index is 0.367. The highest BCUT2D eigenvalue weighted by atomic mass is 15.3. The van der Waals surface area contributed by atoms with Crippen molar-refractivity contribution in [3.05, 3.63) is 35.5 Å². The second-order valence-electron chi connectivity index (χ2n) is 7.32. The zero-order valence-electron chi connectivity index (χ0n) is 15.3. The monoisotopic (exact) mass is 351 g/mol. The molecule has 136 valence electrons. The van der Waals surface area contributed by atoms with Gasteiger partial charge in [-0.05, 0) is 50.9 Å². The van der Waals surface area contributed by atoms with Crippen molar-refractivity contribution in [2.45, 2.75) is 38.1 Å². The van der Waals surface area contributed by atoms with E-state index in [2.05, 4.69) is 42.7 Å². The fraction of sp³-hybridized carbons (Fsp3) is 0.579. The Kier molecular flexibility index (Phi) is 4.85. The molecule has 7 heteroatoms. The third kappa shape index (κ3) is 3.42. The molecular formula is C19H25N7. The number of piperidine rings is 1. The van der Waals surface area contributed by atoms with Gasteiger partial charge in [-0.2, -0.15) is 5.26 Å². The van der Waals surface area contributed by atoms with E-state index in [1.54, 1.807) is 6.20 Å². The summed E-state index contributed by atoms with van der Waals surface area (Å²) >= 11 is 0. The van der Waals surface area contributed by atoms with Crippen LogP contribution in [0.1, 0.15) is 48.8 Å². The summed E-state index contributed by atoms with van der Waals surface area (Å²) in [6.07, 6.45) is 6.47. The van der Waals surface area contributed by atoms with E-state index in [-0.39, 0.29) is 0 Å². The van der Waals surface area contributed by atoms with Gasteiger partial charge in [-0.25, -0.2) is 4.98 Å². The molecule has 0 saturated carbocycles. The maximum Gasteiger partial charge on any atom is 0.146 e. The molecule has 0 aromatic carbocycles. The molecule has 0 bridgehead atoms. The summed E-state index contributed by atoms with van der Waals surface area (Å²) in [4.78, 5) is 9.21. The molecular weight excluding hydrogens is 326 g/mol. The molecule has 4 heterocycles. The smallest absolute Gasteiger partial charge is 0.146 e. The largest absolute Gasteiger partial charge is 0.356 e. The van der Waals surface area contributed by atoms with Gasteiger partial charge in [-0.15, -0.1) is 10.2 Å². The molecule has 1 atom stereocenters. The summed E-state index contributed by atoms with van der Waals surface area (Å²) in [5.74, 6) is 3.45. The summed E-state index contributed by atoms with van der Waals surface area (Å²) in [6, 6.07) is 5.90. The highest BCUT2D eigenvalue weighted by Crippen LogP contribution is 2.28. The van der Waals surface area contributed by atoms with Crippen molar-refractivity contribution < 1.29 is 0 Å². The normalized spacial score (nSPS) is 21.1. The van der Waals surface area contributed by atoms with Gasteiger partial charge in [0.25, 0.3) is 0 Å². The first-order valence-electron chi connectivity index (χ1n) is 9.46. The van der Waals surface area contributed by atoms with E-state index >= 15 is 0 Å². The molecule has 0 N–H and O–H groups in total. The summed E-state index contributed by atoms with van der Waals surface area (Å²) < 4.78 is 2.19. The van der Waals surface area contributed by atoms with Gasteiger partial charge in [0.2, 0.25) is 0 Å². The zero-order valence-corrected chi connectivity index (χ0v) is 15.3. The molecule has 0 unspecified atom stereocenters. The first-order chi connectivity index (χ1) is 12.7. The van der Waals surface area contributed by atoms with Gasteiger partial charge in [0.05, 0.1) is 12.1 Å². The van der Waals surface area contributed by atoms with E-state index in [1.165, 1.54) is 25.9 Å². The first-order valence-corrected chi connectivity index (χ1v) is 9.46. The Morgan fingerprint density at radius 1 is 1.15 bits per heavy atom. The fourth-order valence-corrected chi connectivity index (χ4v) is 4.04. The van der Waals surface area contributed by atoms with Gasteiger partial charge in [-0.1, -0.05) is 0 Å². The molecule has 0 amide bonds. The molecule has 7 nitrogen and oxygen atoms in total. The summed E-state index contributed by atoms with van der Waals surface area (Å²) in [5.41, 5.74) is 0.599. The Labute approximate surface area is 154 Å². The average Bonchev–Trinajstić information content (AvgIpc) is 3.33. The van der Waals surface area contributed by atoms with Crippen molar-refractivity contribution in [3.8, 4) is 6.07 Å². The number of hydrogen-bond donors (Lipinski definition) is 0. The van der Waals surface area contributed by atoms with Crippen molar-refractivity contribution >= 4 is 5.82 Å². The molecule has 2 aliphatic rings. The van der Waals surface area contributed by atoms with Crippen molar-refractivity contribution in [2.24, 2.45) is 7.05 Å². The van der Waals surface area contributed by atoms with Gasteiger partial charge in [0.15, 0.2) is 0 Å². The Balaban J connectivity index is 1.47. The van der Waals surface area contributed by atoms with E-state index < -0.39 is 0 Å². The molecule has 0 spiro atoms. The Bertz CT molecular complexity index is 783. The quantitative estimate of drug-likeness (QED) is 0.839. The lowest BCUT2D eigenvalue weighted by atomic mass is 9.97. The van der Waals surface area contributed by atoms with Crippen LogP contribution in [0, 0.1) is 11.3 Å². The fourth-order valence-electron chi connectivity index (χ4n) is 4.04. The molecule has 2 aliphatic heterocycles. The Morgan fingerprint density at radius 3 is 2.73 bits per heavy atom. The molecule has 2 aromatic heterocycles. The van der Waals surface area contributed by atoms with Crippen LogP contribution in [0.5, 0.6) is 0 Å². The molecule has 2 aromatic rings. The Morgan fingerprint density at radius 2 is 2.00 bits per heavy atom. The van der Waals surface area contributed by atoms with Gasteiger partial charge in [-0.3, -0.25) is 4.90 Å². The first kappa shape index (κ1) is 17.0. The predicted octanol–water partition coefficient (Wildman–Crippen LogP) is 2.06. The number of pyridine rings is 1. The SMILES string of the molecule is Cn1c(CN2CCCC2)nnc1[C@H]1CCCN(c2ccc(C#N)cn2)C1. The third-order valence-corrected chi connectivity index (χ3v) is 5.55. The van der Waals surface area contributed by atoms with Crippen LogP contribution in [0.4, 0.5) is 5.82 Å². The third-order valence-electron chi connectivity index (χ3n) is 5.55. The highest BCUT2D eigenvalue weighted by molar-refractivity contribution is 5.42. The number of rotatable bonds is 4. The molecule has 4 rings (SSSR count). The van der Waals surface area contributed by atoms with Crippen LogP contribution in [-0.2, 0) is 13.6 Å². The average molecular weight is 351 g/mol. The lowest BCUT2D eigenvalue weighted by molar-refractivity contribution is 0.317. The van der Waals surface area contributed by atoms with Gasteiger partial charge in [0.1, 0.15) is 23.5 Å². The van der Waals surface area contributed by atoms with Gasteiger partial charge >= 0.3 is 0 Å². The minimum absolute atomic E-state index is 0.367. The molecule has 26 heavy (non-hydrogen) atoms. The van der Waals surface area contributed by atoms with Crippen LogP contribution >= 0.6 is 0 Å². The zero-order chi connectivity index (χ0) is 17.9. The number of anilines is 1. The lowest BCUT2D eigenvalue weighted by Gasteiger charge is -2.33. The summed E-state index contributed by atoms with van der Waals surface area (Å²) in [7, 11) is 2.10. The number of likely N-dealkylation sites (tertiary alicyclic amines) is 1. The number of hydrogen-bond acceptors (Lipinski definition) is 6. The lowest BCUT2D eigenvalue weighted by Crippen LogP contribution is -2.36. The van der Waals surface area contributed by atoms with Crippen LogP contribution in [0.25, 0.3) is 0 Å². The van der Waals surface area contributed by atoms with Crippen molar-refractivity contribution in [3.63, 3.8) is 0 Å².